The quantitative estimate of drug-likeness (QED) is 0.798. The first-order chi connectivity index (χ1) is 8.34. The molecule has 1 aromatic carbocycles. The molecule has 0 amide bonds. The Morgan fingerprint density at radius 1 is 1.22 bits per heavy atom. The van der Waals surface area contributed by atoms with Crippen molar-refractivity contribution in [2.75, 3.05) is 7.11 Å². The van der Waals surface area contributed by atoms with Crippen LogP contribution in [0, 0.1) is 6.92 Å². The van der Waals surface area contributed by atoms with Gasteiger partial charge in [-0.25, -0.2) is 4.98 Å². The SMILES string of the molecule is COc1nc(C(F)(F)F)nc2c(Cl)c(C)ccc12. The van der Waals surface area contributed by atoms with Crippen molar-refractivity contribution in [3.05, 3.63) is 28.5 Å². The van der Waals surface area contributed by atoms with Crippen LogP contribution in [0.15, 0.2) is 12.1 Å². The van der Waals surface area contributed by atoms with E-state index < -0.39 is 12.0 Å². The van der Waals surface area contributed by atoms with Gasteiger partial charge in [0.15, 0.2) is 0 Å². The standard InChI is InChI=1S/C11H8ClF3N2O/c1-5-3-4-6-8(7(5)12)16-10(11(13,14)15)17-9(6)18-2/h3-4H,1-2H3. The third-order valence-corrected chi connectivity index (χ3v) is 2.89. The van der Waals surface area contributed by atoms with Crippen molar-refractivity contribution < 1.29 is 17.9 Å². The van der Waals surface area contributed by atoms with Crippen LogP contribution in [0.2, 0.25) is 5.02 Å². The van der Waals surface area contributed by atoms with Gasteiger partial charge >= 0.3 is 6.18 Å². The van der Waals surface area contributed by atoms with Crippen molar-refractivity contribution in [3.8, 4) is 5.88 Å². The van der Waals surface area contributed by atoms with Crippen LogP contribution >= 0.6 is 11.6 Å². The highest BCUT2D eigenvalue weighted by Crippen LogP contribution is 2.34. The lowest BCUT2D eigenvalue weighted by Gasteiger charge is -2.11. The Balaban J connectivity index is 2.85. The molecule has 2 aromatic rings. The van der Waals surface area contributed by atoms with Gasteiger partial charge < -0.3 is 4.74 Å². The highest BCUT2D eigenvalue weighted by atomic mass is 35.5. The molecular formula is C11H8ClF3N2O. The van der Waals surface area contributed by atoms with Gasteiger partial charge in [-0.3, -0.25) is 0 Å². The monoisotopic (exact) mass is 276 g/mol. The number of hydrogen-bond acceptors (Lipinski definition) is 3. The molecule has 0 spiro atoms. The molecule has 0 aliphatic heterocycles. The first-order valence-corrected chi connectivity index (χ1v) is 5.30. The second-order valence-electron chi connectivity index (χ2n) is 3.65. The number of rotatable bonds is 1. The van der Waals surface area contributed by atoms with Gasteiger partial charge in [0, 0.05) is 0 Å². The minimum Gasteiger partial charge on any atom is -0.480 e. The minimum absolute atomic E-state index is 0.0378. The number of ether oxygens (including phenoxy) is 1. The molecule has 0 aliphatic rings. The molecule has 0 atom stereocenters. The van der Waals surface area contributed by atoms with Gasteiger partial charge in [-0.15, -0.1) is 0 Å². The number of nitrogens with zero attached hydrogens (tertiary/aromatic N) is 2. The van der Waals surface area contributed by atoms with E-state index in [0.29, 0.717) is 10.9 Å². The second-order valence-corrected chi connectivity index (χ2v) is 4.02. The Labute approximate surface area is 106 Å². The molecule has 0 N–H and O–H groups in total. The number of fused-ring (bicyclic) bond motifs is 1. The maximum atomic E-state index is 12.6. The summed E-state index contributed by atoms with van der Waals surface area (Å²) >= 11 is 5.96. The smallest absolute Gasteiger partial charge is 0.451 e. The van der Waals surface area contributed by atoms with Crippen molar-refractivity contribution in [2.24, 2.45) is 0 Å². The first-order valence-electron chi connectivity index (χ1n) is 4.92. The third kappa shape index (κ3) is 2.08. The number of hydrogen-bond donors (Lipinski definition) is 0. The van der Waals surface area contributed by atoms with Crippen molar-refractivity contribution in [1.82, 2.24) is 9.97 Å². The summed E-state index contributed by atoms with van der Waals surface area (Å²) < 4.78 is 42.8. The van der Waals surface area contributed by atoms with E-state index in [-0.39, 0.29) is 16.4 Å². The third-order valence-electron chi connectivity index (χ3n) is 2.41. The Hall–Kier alpha value is -1.56. The van der Waals surface area contributed by atoms with Crippen LogP contribution in [0.3, 0.4) is 0 Å². The molecular weight excluding hydrogens is 269 g/mol. The van der Waals surface area contributed by atoms with Crippen LogP contribution < -0.4 is 4.74 Å². The number of aryl methyl sites for hydroxylation is 1. The first kappa shape index (κ1) is 12.9. The van der Waals surface area contributed by atoms with Crippen LogP contribution in [0.5, 0.6) is 5.88 Å². The molecule has 0 saturated heterocycles. The number of aromatic nitrogens is 2. The van der Waals surface area contributed by atoms with Gasteiger partial charge in [0.2, 0.25) is 11.7 Å². The maximum absolute atomic E-state index is 12.6. The van der Waals surface area contributed by atoms with Crippen LogP contribution in [0.25, 0.3) is 10.9 Å². The normalized spacial score (nSPS) is 11.9. The summed E-state index contributed by atoms with van der Waals surface area (Å²) in [5.41, 5.74) is 0.675. The van der Waals surface area contributed by atoms with Crippen LogP contribution in [-0.2, 0) is 6.18 Å². The van der Waals surface area contributed by atoms with E-state index in [2.05, 4.69) is 9.97 Å². The average Bonchev–Trinajstić information content (AvgIpc) is 2.31. The molecule has 0 fully saturated rings. The van der Waals surface area contributed by atoms with E-state index >= 15 is 0 Å². The summed E-state index contributed by atoms with van der Waals surface area (Å²) in [5, 5.41) is 0.514. The fraction of sp³-hybridized carbons (Fsp3) is 0.273. The minimum atomic E-state index is -4.64. The van der Waals surface area contributed by atoms with Crippen LogP contribution in [0.1, 0.15) is 11.4 Å². The van der Waals surface area contributed by atoms with E-state index in [4.69, 9.17) is 16.3 Å². The number of alkyl halides is 3. The summed E-state index contributed by atoms with van der Waals surface area (Å²) in [6.45, 7) is 1.68. The van der Waals surface area contributed by atoms with Crippen molar-refractivity contribution in [3.63, 3.8) is 0 Å². The van der Waals surface area contributed by atoms with Crippen molar-refractivity contribution >= 4 is 22.5 Å². The van der Waals surface area contributed by atoms with Gasteiger partial charge in [0.05, 0.1) is 23.0 Å². The number of methoxy groups -OCH3 is 1. The highest BCUT2D eigenvalue weighted by molar-refractivity contribution is 6.35. The largest absolute Gasteiger partial charge is 0.480 e. The maximum Gasteiger partial charge on any atom is 0.451 e. The molecule has 0 radical (unpaired) electrons. The van der Waals surface area contributed by atoms with Crippen molar-refractivity contribution in [2.45, 2.75) is 13.1 Å². The Bertz CT molecular complexity index is 613. The van der Waals surface area contributed by atoms with E-state index in [1.54, 1.807) is 19.1 Å². The highest BCUT2D eigenvalue weighted by Gasteiger charge is 2.36. The molecule has 0 saturated carbocycles. The molecule has 18 heavy (non-hydrogen) atoms. The van der Waals surface area contributed by atoms with E-state index in [9.17, 15) is 13.2 Å². The Morgan fingerprint density at radius 3 is 2.44 bits per heavy atom. The number of benzene rings is 1. The second kappa shape index (κ2) is 4.28. The molecule has 7 heteroatoms. The van der Waals surface area contributed by atoms with Gasteiger partial charge in [-0.05, 0) is 18.6 Å². The molecule has 2 rings (SSSR count). The van der Waals surface area contributed by atoms with Gasteiger partial charge in [-0.2, -0.15) is 18.2 Å². The Morgan fingerprint density at radius 2 is 1.89 bits per heavy atom. The van der Waals surface area contributed by atoms with Gasteiger partial charge in [0.1, 0.15) is 0 Å². The molecule has 0 bridgehead atoms. The predicted octanol–water partition coefficient (Wildman–Crippen LogP) is 3.62. The predicted molar refractivity (Wildman–Crippen MR) is 60.8 cm³/mol. The van der Waals surface area contributed by atoms with E-state index in [1.165, 1.54) is 7.11 Å². The molecule has 0 aliphatic carbocycles. The van der Waals surface area contributed by atoms with Crippen molar-refractivity contribution in [1.29, 1.82) is 0 Å². The molecule has 0 unspecified atom stereocenters. The topological polar surface area (TPSA) is 35.0 Å². The summed E-state index contributed by atoms with van der Waals surface area (Å²) in [7, 11) is 1.25. The lowest BCUT2D eigenvalue weighted by Crippen LogP contribution is -2.12. The summed E-state index contributed by atoms with van der Waals surface area (Å²) in [5.74, 6) is -1.41. The molecule has 3 nitrogen and oxygen atoms in total. The number of halogens is 4. The van der Waals surface area contributed by atoms with Crippen LogP contribution in [-0.4, -0.2) is 17.1 Å². The lowest BCUT2D eigenvalue weighted by molar-refractivity contribution is -0.144. The van der Waals surface area contributed by atoms with Gasteiger partial charge in [0.25, 0.3) is 0 Å². The molecule has 1 heterocycles. The lowest BCUT2D eigenvalue weighted by atomic mass is 10.1. The fourth-order valence-electron chi connectivity index (χ4n) is 1.52. The van der Waals surface area contributed by atoms with E-state index in [0.717, 1.165) is 0 Å². The molecule has 1 aromatic heterocycles. The molecule has 96 valence electrons. The summed E-state index contributed by atoms with van der Waals surface area (Å²) in [6, 6.07) is 3.25. The van der Waals surface area contributed by atoms with Gasteiger partial charge in [-0.1, -0.05) is 17.7 Å². The summed E-state index contributed by atoms with van der Waals surface area (Å²) in [4.78, 5) is 6.81. The summed E-state index contributed by atoms with van der Waals surface area (Å²) in [6.07, 6.45) is -4.64. The fourth-order valence-corrected chi connectivity index (χ4v) is 1.72. The van der Waals surface area contributed by atoms with Crippen LogP contribution in [0.4, 0.5) is 13.2 Å². The zero-order valence-corrected chi connectivity index (χ0v) is 10.2. The average molecular weight is 277 g/mol. The Kier molecular flexibility index (Phi) is 3.06. The zero-order chi connectivity index (χ0) is 13.5. The van der Waals surface area contributed by atoms with E-state index in [1.807, 2.05) is 0 Å². The zero-order valence-electron chi connectivity index (χ0n) is 9.47.